The molecule has 22 heavy (non-hydrogen) atoms. The third kappa shape index (κ3) is 3.81. The third-order valence-electron chi connectivity index (χ3n) is 3.36. The molecule has 0 fully saturated rings. The molecule has 0 unspecified atom stereocenters. The van der Waals surface area contributed by atoms with Crippen LogP contribution in [0.5, 0.6) is 5.75 Å². The van der Waals surface area contributed by atoms with Crippen LogP contribution in [0.3, 0.4) is 0 Å². The minimum Gasteiger partial charge on any atom is -0.379 e. The van der Waals surface area contributed by atoms with E-state index in [9.17, 15) is 8.42 Å². The van der Waals surface area contributed by atoms with Gasteiger partial charge in [-0.2, -0.15) is 8.42 Å². The standard InChI is InChI=1S/C17H19ClO3S/c1-12-5-6-13(17(2,3)4)11-16(12)21-22(19,20)15-9-7-14(18)8-10-15/h5-11H,1-4H3. The second kappa shape index (κ2) is 5.94. The fourth-order valence-electron chi connectivity index (χ4n) is 1.92. The van der Waals surface area contributed by atoms with E-state index in [1.807, 2.05) is 19.1 Å². The van der Waals surface area contributed by atoms with E-state index >= 15 is 0 Å². The van der Waals surface area contributed by atoms with Gasteiger partial charge in [-0.1, -0.05) is 44.5 Å². The van der Waals surface area contributed by atoms with Crippen molar-refractivity contribution in [2.75, 3.05) is 0 Å². The van der Waals surface area contributed by atoms with Crippen LogP contribution >= 0.6 is 11.6 Å². The van der Waals surface area contributed by atoms with Gasteiger partial charge in [0.2, 0.25) is 0 Å². The van der Waals surface area contributed by atoms with Crippen LogP contribution in [0.1, 0.15) is 31.9 Å². The van der Waals surface area contributed by atoms with Crippen LogP contribution in [0, 0.1) is 6.92 Å². The number of aryl methyl sites for hydroxylation is 1. The van der Waals surface area contributed by atoms with Gasteiger partial charge in [0, 0.05) is 5.02 Å². The lowest BCUT2D eigenvalue weighted by molar-refractivity contribution is 0.482. The summed E-state index contributed by atoms with van der Waals surface area (Å²) in [5.41, 5.74) is 1.69. The lowest BCUT2D eigenvalue weighted by atomic mass is 9.86. The van der Waals surface area contributed by atoms with Gasteiger partial charge in [-0.25, -0.2) is 0 Å². The Balaban J connectivity index is 2.39. The second-order valence-electron chi connectivity index (χ2n) is 6.22. The minimum atomic E-state index is -3.87. The Hall–Kier alpha value is -1.52. The first-order valence-corrected chi connectivity index (χ1v) is 8.69. The SMILES string of the molecule is Cc1ccc(C(C)(C)C)cc1OS(=O)(=O)c1ccc(Cl)cc1. The van der Waals surface area contributed by atoms with Crippen LogP contribution in [-0.2, 0) is 15.5 Å². The van der Waals surface area contributed by atoms with E-state index < -0.39 is 10.1 Å². The van der Waals surface area contributed by atoms with Crippen LogP contribution in [-0.4, -0.2) is 8.42 Å². The fraction of sp³-hybridized carbons (Fsp3) is 0.294. The number of halogens is 1. The third-order valence-corrected chi connectivity index (χ3v) is 4.86. The molecule has 0 aliphatic heterocycles. The molecule has 2 rings (SSSR count). The van der Waals surface area contributed by atoms with E-state index in [0.29, 0.717) is 10.8 Å². The van der Waals surface area contributed by atoms with Gasteiger partial charge >= 0.3 is 10.1 Å². The largest absolute Gasteiger partial charge is 0.379 e. The van der Waals surface area contributed by atoms with Gasteiger partial charge < -0.3 is 4.18 Å². The summed E-state index contributed by atoms with van der Waals surface area (Å²) < 4.78 is 30.0. The molecule has 0 saturated heterocycles. The molecule has 0 bridgehead atoms. The zero-order chi connectivity index (χ0) is 16.5. The highest BCUT2D eigenvalue weighted by Crippen LogP contribution is 2.30. The molecule has 0 aliphatic rings. The predicted molar refractivity (Wildman–Crippen MR) is 89.1 cm³/mol. The van der Waals surface area contributed by atoms with Crippen LogP contribution in [0.2, 0.25) is 5.02 Å². The van der Waals surface area contributed by atoms with Gasteiger partial charge in [-0.05, 0) is 53.8 Å². The number of benzene rings is 2. The summed E-state index contributed by atoms with van der Waals surface area (Å²) in [6.45, 7) is 8.01. The molecular formula is C17H19ClO3S. The summed E-state index contributed by atoms with van der Waals surface area (Å²) in [6.07, 6.45) is 0. The molecule has 0 saturated carbocycles. The normalized spacial score (nSPS) is 12.2. The van der Waals surface area contributed by atoms with Gasteiger partial charge in [0.25, 0.3) is 0 Å². The van der Waals surface area contributed by atoms with E-state index in [0.717, 1.165) is 11.1 Å². The van der Waals surface area contributed by atoms with Crippen molar-refractivity contribution in [1.29, 1.82) is 0 Å². The van der Waals surface area contributed by atoms with Crippen molar-refractivity contribution in [2.45, 2.75) is 38.0 Å². The van der Waals surface area contributed by atoms with Crippen molar-refractivity contribution in [2.24, 2.45) is 0 Å². The molecule has 0 spiro atoms. The van der Waals surface area contributed by atoms with Crippen molar-refractivity contribution in [3.63, 3.8) is 0 Å². The molecule has 2 aromatic rings. The predicted octanol–water partition coefficient (Wildman–Crippen LogP) is 4.71. The van der Waals surface area contributed by atoms with Gasteiger partial charge in [0.05, 0.1) is 0 Å². The molecule has 0 aliphatic carbocycles. The molecule has 0 N–H and O–H groups in total. The first-order valence-electron chi connectivity index (χ1n) is 6.91. The zero-order valence-corrected chi connectivity index (χ0v) is 14.6. The first-order chi connectivity index (χ1) is 10.1. The highest BCUT2D eigenvalue weighted by atomic mass is 35.5. The van der Waals surface area contributed by atoms with Crippen LogP contribution in [0.25, 0.3) is 0 Å². The van der Waals surface area contributed by atoms with E-state index in [-0.39, 0.29) is 10.3 Å². The number of hydrogen-bond donors (Lipinski definition) is 0. The summed E-state index contributed by atoms with van der Waals surface area (Å²) >= 11 is 5.78. The molecule has 0 amide bonds. The summed E-state index contributed by atoms with van der Waals surface area (Å²) in [5.74, 6) is 0.349. The van der Waals surface area contributed by atoms with Gasteiger partial charge in [0.15, 0.2) is 0 Å². The maximum atomic E-state index is 12.4. The average molecular weight is 339 g/mol. The van der Waals surface area contributed by atoms with Crippen molar-refractivity contribution in [3.8, 4) is 5.75 Å². The van der Waals surface area contributed by atoms with E-state index in [4.69, 9.17) is 15.8 Å². The minimum absolute atomic E-state index is 0.0810. The van der Waals surface area contributed by atoms with Crippen molar-refractivity contribution >= 4 is 21.7 Å². The summed E-state index contributed by atoms with van der Waals surface area (Å²) in [6, 6.07) is 11.5. The van der Waals surface area contributed by atoms with E-state index in [2.05, 4.69) is 20.8 Å². The molecule has 5 heteroatoms. The maximum Gasteiger partial charge on any atom is 0.339 e. The molecule has 0 radical (unpaired) electrons. The second-order valence-corrected chi connectivity index (χ2v) is 8.20. The zero-order valence-electron chi connectivity index (χ0n) is 13.1. The Bertz CT molecular complexity index is 773. The quantitative estimate of drug-likeness (QED) is 0.761. The van der Waals surface area contributed by atoms with Crippen LogP contribution < -0.4 is 4.18 Å². The summed E-state index contributed by atoms with van der Waals surface area (Å²) in [5, 5.41) is 0.477. The lowest BCUT2D eigenvalue weighted by Crippen LogP contribution is -2.14. The van der Waals surface area contributed by atoms with Crippen molar-refractivity contribution < 1.29 is 12.6 Å². The smallest absolute Gasteiger partial charge is 0.339 e. The van der Waals surface area contributed by atoms with E-state index in [1.54, 1.807) is 6.07 Å². The van der Waals surface area contributed by atoms with Crippen LogP contribution in [0.15, 0.2) is 47.4 Å². The highest BCUT2D eigenvalue weighted by molar-refractivity contribution is 7.87. The molecule has 0 atom stereocenters. The Kier molecular flexibility index (Phi) is 4.54. The van der Waals surface area contributed by atoms with Gasteiger partial charge in [0.1, 0.15) is 10.6 Å². The number of hydrogen-bond acceptors (Lipinski definition) is 3. The van der Waals surface area contributed by atoms with Gasteiger partial charge in [-0.15, -0.1) is 0 Å². The monoisotopic (exact) mass is 338 g/mol. The molecule has 2 aromatic carbocycles. The lowest BCUT2D eigenvalue weighted by Gasteiger charge is -2.20. The molecule has 0 heterocycles. The summed E-state index contributed by atoms with van der Waals surface area (Å²) in [7, 11) is -3.87. The van der Waals surface area contributed by atoms with Crippen molar-refractivity contribution in [1.82, 2.24) is 0 Å². The summed E-state index contributed by atoms with van der Waals surface area (Å²) in [4.78, 5) is 0.0810. The molecule has 0 aromatic heterocycles. The first kappa shape index (κ1) is 16.8. The Morgan fingerprint density at radius 2 is 1.59 bits per heavy atom. The molecule has 118 valence electrons. The molecular weight excluding hydrogens is 320 g/mol. The van der Waals surface area contributed by atoms with Crippen molar-refractivity contribution in [3.05, 3.63) is 58.6 Å². The van der Waals surface area contributed by atoms with Gasteiger partial charge in [-0.3, -0.25) is 0 Å². The van der Waals surface area contributed by atoms with E-state index in [1.165, 1.54) is 24.3 Å². The topological polar surface area (TPSA) is 43.4 Å². The Morgan fingerprint density at radius 3 is 2.14 bits per heavy atom. The maximum absolute atomic E-state index is 12.4. The highest BCUT2D eigenvalue weighted by Gasteiger charge is 2.20. The average Bonchev–Trinajstić information content (AvgIpc) is 2.40. The fourth-order valence-corrected chi connectivity index (χ4v) is 3.03. The molecule has 3 nitrogen and oxygen atoms in total. The van der Waals surface area contributed by atoms with Crippen LogP contribution in [0.4, 0.5) is 0 Å². The Morgan fingerprint density at radius 1 is 1.00 bits per heavy atom. The number of rotatable bonds is 3. The Labute approximate surface area is 137 Å².